The maximum Gasteiger partial charge on any atom is 0.256 e. The van der Waals surface area contributed by atoms with Gasteiger partial charge in [-0.2, -0.15) is 0 Å². The van der Waals surface area contributed by atoms with Gasteiger partial charge in [0.2, 0.25) is 5.95 Å². The molecule has 0 saturated carbocycles. The van der Waals surface area contributed by atoms with Crippen LogP contribution in [0.25, 0.3) is 0 Å². The minimum Gasteiger partial charge on any atom is -0.352 e. The Morgan fingerprint density at radius 2 is 1.65 bits per heavy atom. The number of hydrogen-bond acceptors (Lipinski definition) is 4. The molecule has 0 spiro atoms. The van der Waals surface area contributed by atoms with Crippen LogP contribution >= 0.6 is 0 Å². The van der Waals surface area contributed by atoms with Crippen LogP contribution in [0.5, 0.6) is 0 Å². The number of likely N-dealkylation sites (tertiary alicyclic amines) is 1. The van der Waals surface area contributed by atoms with Crippen molar-refractivity contribution in [1.82, 2.24) is 14.9 Å². The van der Waals surface area contributed by atoms with Crippen LogP contribution in [0.3, 0.4) is 0 Å². The fraction of sp³-hybridized carbons (Fsp3) is 0.667. The van der Waals surface area contributed by atoms with Crippen molar-refractivity contribution in [3.63, 3.8) is 0 Å². The second-order valence-corrected chi connectivity index (χ2v) is 5.65. The average Bonchev–Trinajstić information content (AvgIpc) is 2.38. The van der Waals surface area contributed by atoms with Crippen LogP contribution in [0.4, 0.5) is 5.95 Å². The lowest BCUT2D eigenvalue weighted by atomic mass is 10.1. The monoisotopic (exact) mass is 276 g/mol. The van der Waals surface area contributed by atoms with Gasteiger partial charge in [0.1, 0.15) is 0 Å². The molecule has 0 aliphatic carbocycles. The third-order valence-electron chi connectivity index (χ3n) is 3.46. The van der Waals surface area contributed by atoms with Crippen molar-refractivity contribution in [2.24, 2.45) is 0 Å². The number of hydrogen-bond donors (Lipinski definition) is 1. The zero-order valence-electron chi connectivity index (χ0n) is 12.4. The van der Waals surface area contributed by atoms with Crippen LogP contribution in [-0.4, -0.2) is 39.9 Å². The highest BCUT2D eigenvalue weighted by atomic mass is 16.2. The lowest BCUT2D eigenvalue weighted by molar-refractivity contribution is 0.0741. The molecule has 0 unspecified atom stereocenters. The Kier molecular flexibility index (Phi) is 5.32. The summed E-state index contributed by atoms with van der Waals surface area (Å²) in [6, 6.07) is 0.283. The van der Waals surface area contributed by atoms with Gasteiger partial charge in [-0.25, -0.2) is 9.97 Å². The largest absolute Gasteiger partial charge is 0.352 e. The smallest absolute Gasteiger partial charge is 0.256 e. The molecule has 110 valence electrons. The molecule has 1 amide bonds. The Hall–Kier alpha value is -1.65. The Morgan fingerprint density at radius 1 is 1.10 bits per heavy atom. The molecule has 0 atom stereocenters. The standard InChI is InChI=1S/C15H24N4O/c1-12(2)18-15-16-10-13(11-17-15)14(20)19-8-6-4-3-5-7-9-19/h10-12H,3-9H2,1-2H3,(H,16,17,18). The van der Waals surface area contributed by atoms with E-state index in [1.54, 1.807) is 12.4 Å². The highest BCUT2D eigenvalue weighted by Crippen LogP contribution is 2.13. The SMILES string of the molecule is CC(C)Nc1ncc(C(=O)N2CCCCCCC2)cn1. The summed E-state index contributed by atoms with van der Waals surface area (Å²) in [4.78, 5) is 22.8. The van der Waals surface area contributed by atoms with E-state index in [0.29, 0.717) is 11.5 Å². The number of aromatic nitrogens is 2. The van der Waals surface area contributed by atoms with Crippen molar-refractivity contribution in [1.29, 1.82) is 0 Å². The van der Waals surface area contributed by atoms with E-state index in [0.717, 1.165) is 25.9 Å². The molecule has 1 fully saturated rings. The van der Waals surface area contributed by atoms with Crippen molar-refractivity contribution >= 4 is 11.9 Å². The van der Waals surface area contributed by atoms with Gasteiger partial charge in [-0.3, -0.25) is 4.79 Å². The van der Waals surface area contributed by atoms with Crippen molar-refractivity contribution in [2.75, 3.05) is 18.4 Å². The van der Waals surface area contributed by atoms with Crippen LogP contribution in [-0.2, 0) is 0 Å². The molecule has 1 aliphatic heterocycles. The molecule has 1 aromatic rings. The number of amides is 1. The van der Waals surface area contributed by atoms with E-state index < -0.39 is 0 Å². The highest BCUT2D eigenvalue weighted by Gasteiger charge is 2.17. The van der Waals surface area contributed by atoms with E-state index in [1.165, 1.54) is 19.3 Å². The molecule has 0 bridgehead atoms. The molecule has 1 aromatic heterocycles. The number of rotatable bonds is 3. The van der Waals surface area contributed by atoms with E-state index in [9.17, 15) is 4.79 Å². The minimum atomic E-state index is 0.0583. The topological polar surface area (TPSA) is 58.1 Å². The van der Waals surface area contributed by atoms with Gasteiger partial charge in [0.05, 0.1) is 5.56 Å². The second kappa shape index (κ2) is 7.22. The van der Waals surface area contributed by atoms with E-state index in [-0.39, 0.29) is 11.9 Å². The maximum atomic E-state index is 12.4. The van der Waals surface area contributed by atoms with Crippen molar-refractivity contribution in [3.05, 3.63) is 18.0 Å². The van der Waals surface area contributed by atoms with Gasteiger partial charge < -0.3 is 10.2 Å². The summed E-state index contributed by atoms with van der Waals surface area (Å²) in [5.74, 6) is 0.632. The summed E-state index contributed by atoms with van der Waals surface area (Å²) in [5.41, 5.74) is 0.583. The Bertz CT molecular complexity index is 422. The first kappa shape index (κ1) is 14.8. The minimum absolute atomic E-state index is 0.0583. The van der Waals surface area contributed by atoms with E-state index in [4.69, 9.17) is 0 Å². The van der Waals surface area contributed by atoms with Gasteiger partial charge in [0, 0.05) is 31.5 Å². The lowest BCUT2D eigenvalue weighted by Crippen LogP contribution is -2.34. The molecule has 1 saturated heterocycles. The van der Waals surface area contributed by atoms with Gasteiger partial charge in [-0.15, -0.1) is 0 Å². The first-order chi connectivity index (χ1) is 9.66. The molecule has 1 N–H and O–H groups in total. The molecule has 5 heteroatoms. The molecule has 5 nitrogen and oxygen atoms in total. The van der Waals surface area contributed by atoms with Gasteiger partial charge in [-0.05, 0) is 26.7 Å². The lowest BCUT2D eigenvalue weighted by Gasteiger charge is -2.24. The Labute approximate surface area is 120 Å². The first-order valence-electron chi connectivity index (χ1n) is 7.54. The van der Waals surface area contributed by atoms with Crippen LogP contribution < -0.4 is 5.32 Å². The number of carbonyl (C=O) groups excluding carboxylic acids is 1. The van der Waals surface area contributed by atoms with Crippen molar-refractivity contribution in [3.8, 4) is 0 Å². The summed E-state index contributed by atoms with van der Waals surface area (Å²) < 4.78 is 0. The van der Waals surface area contributed by atoms with Crippen LogP contribution in [0, 0.1) is 0 Å². The van der Waals surface area contributed by atoms with E-state index in [1.807, 2.05) is 18.7 Å². The molecule has 20 heavy (non-hydrogen) atoms. The third kappa shape index (κ3) is 4.18. The molecule has 2 rings (SSSR count). The molecular formula is C15H24N4O. The second-order valence-electron chi connectivity index (χ2n) is 5.65. The predicted molar refractivity (Wildman–Crippen MR) is 79.8 cm³/mol. The van der Waals surface area contributed by atoms with Gasteiger partial charge >= 0.3 is 0 Å². The third-order valence-corrected chi connectivity index (χ3v) is 3.46. The first-order valence-corrected chi connectivity index (χ1v) is 7.54. The Balaban J connectivity index is 2.00. The Morgan fingerprint density at radius 3 is 2.20 bits per heavy atom. The molecular weight excluding hydrogens is 252 g/mol. The van der Waals surface area contributed by atoms with Crippen LogP contribution in [0.2, 0.25) is 0 Å². The van der Waals surface area contributed by atoms with Gasteiger partial charge in [-0.1, -0.05) is 19.3 Å². The van der Waals surface area contributed by atoms with Crippen LogP contribution in [0.1, 0.15) is 56.3 Å². The number of anilines is 1. The fourth-order valence-corrected chi connectivity index (χ4v) is 2.40. The van der Waals surface area contributed by atoms with Crippen LogP contribution in [0.15, 0.2) is 12.4 Å². The van der Waals surface area contributed by atoms with Gasteiger partial charge in [0.15, 0.2) is 0 Å². The summed E-state index contributed by atoms with van der Waals surface area (Å²) in [7, 11) is 0. The van der Waals surface area contributed by atoms with Crippen molar-refractivity contribution in [2.45, 2.75) is 52.0 Å². The maximum absolute atomic E-state index is 12.4. The normalized spacial score (nSPS) is 16.6. The molecule has 0 aromatic carbocycles. The fourth-order valence-electron chi connectivity index (χ4n) is 2.40. The number of nitrogens with zero attached hydrogens (tertiary/aromatic N) is 3. The average molecular weight is 276 g/mol. The van der Waals surface area contributed by atoms with E-state index in [2.05, 4.69) is 15.3 Å². The molecule has 2 heterocycles. The van der Waals surface area contributed by atoms with Crippen molar-refractivity contribution < 1.29 is 4.79 Å². The summed E-state index contributed by atoms with van der Waals surface area (Å²) in [6.45, 7) is 5.76. The highest BCUT2D eigenvalue weighted by molar-refractivity contribution is 5.93. The van der Waals surface area contributed by atoms with E-state index >= 15 is 0 Å². The van der Waals surface area contributed by atoms with Gasteiger partial charge in [0.25, 0.3) is 5.91 Å². The zero-order valence-corrected chi connectivity index (χ0v) is 12.4. The quantitative estimate of drug-likeness (QED) is 0.922. The molecule has 1 aliphatic rings. The predicted octanol–water partition coefficient (Wildman–Crippen LogP) is 2.70. The molecule has 0 radical (unpaired) electrons. The summed E-state index contributed by atoms with van der Waals surface area (Å²) >= 11 is 0. The number of nitrogens with one attached hydrogen (secondary N) is 1. The summed E-state index contributed by atoms with van der Waals surface area (Å²) in [6.07, 6.45) is 9.17. The summed E-state index contributed by atoms with van der Waals surface area (Å²) in [5, 5.41) is 3.12. The zero-order chi connectivity index (χ0) is 14.4. The number of carbonyl (C=O) groups is 1.